The maximum Gasteiger partial charge on any atom is 0.252 e. The Kier molecular flexibility index (Phi) is 5.68. The van der Waals surface area contributed by atoms with Gasteiger partial charge in [-0.25, -0.2) is 13.8 Å². The summed E-state index contributed by atoms with van der Waals surface area (Å²) in [6.45, 7) is 4.20. The van der Waals surface area contributed by atoms with Gasteiger partial charge in [0.05, 0.1) is 18.9 Å². The third-order valence-corrected chi connectivity index (χ3v) is 5.43. The molecule has 1 atom stereocenters. The highest BCUT2D eigenvalue weighted by atomic mass is 19.1. The molecule has 2 saturated heterocycles. The molecule has 1 unspecified atom stereocenters. The molecule has 1 aromatic heterocycles. The first-order valence-corrected chi connectivity index (χ1v) is 9.69. The van der Waals surface area contributed by atoms with Gasteiger partial charge in [0.1, 0.15) is 11.6 Å². The van der Waals surface area contributed by atoms with Crippen LogP contribution in [0.1, 0.15) is 30.0 Å². The first-order chi connectivity index (χ1) is 13.6. The predicted octanol–water partition coefficient (Wildman–Crippen LogP) is 2.26. The Labute approximate surface area is 162 Å². The number of halogens is 2. The van der Waals surface area contributed by atoms with Crippen LogP contribution < -0.4 is 10.5 Å². The number of morpholine rings is 1. The highest BCUT2D eigenvalue weighted by Crippen LogP contribution is 2.27. The summed E-state index contributed by atoms with van der Waals surface area (Å²) in [6, 6.07) is 5.49. The normalized spacial score (nSPS) is 21.1. The second-order valence-corrected chi connectivity index (χ2v) is 7.37. The molecular weight excluding hydrogens is 366 g/mol. The molecule has 0 aliphatic carbocycles. The van der Waals surface area contributed by atoms with Crippen LogP contribution in [0.5, 0.6) is 0 Å². The van der Waals surface area contributed by atoms with E-state index in [1.165, 1.54) is 18.2 Å². The van der Waals surface area contributed by atoms with Crippen LogP contribution in [0, 0.1) is 11.6 Å². The monoisotopic (exact) mass is 390 g/mol. The van der Waals surface area contributed by atoms with E-state index < -0.39 is 11.6 Å². The number of aromatic amines is 1. The summed E-state index contributed by atoms with van der Waals surface area (Å²) in [7, 11) is 0. The lowest BCUT2D eigenvalue weighted by molar-refractivity contribution is 0.122. The molecule has 0 bridgehead atoms. The molecule has 0 radical (unpaired) electrons. The molecule has 2 fully saturated rings. The topological polar surface area (TPSA) is 61.5 Å². The molecule has 2 aliphatic heterocycles. The zero-order valence-corrected chi connectivity index (χ0v) is 15.7. The van der Waals surface area contributed by atoms with E-state index in [-0.39, 0.29) is 23.6 Å². The number of aromatic nitrogens is 2. The van der Waals surface area contributed by atoms with Crippen LogP contribution in [0.15, 0.2) is 29.1 Å². The van der Waals surface area contributed by atoms with Gasteiger partial charge in [0, 0.05) is 43.7 Å². The quantitative estimate of drug-likeness (QED) is 0.868. The molecule has 3 heterocycles. The Morgan fingerprint density at radius 3 is 2.68 bits per heavy atom. The van der Waals surface area contributed by atoms with E-state index in [2.05, 4.69) is 4.98 Å². The Hall–Kier alpha value is -2.32. The van der Waals surface area contributed by atoms with Crippen molar-refractivity contribution >= 4 is 5.95 Å². The summed E-state index contributed by atoms with van der Waals surface area (Å²) < 4.78 is 33.4. The zero-order valence-electron chi connectivity index (χ0n) is 15.7. The van der Waals surface area contributed by atoms with E-state index in [1.807, 2.05) is 9.80 Å². The van der Waals surface area contributed by atoms with Crippen LogP contribution in [0.4, 0.5) is 14.7 Å². The van der Waals surface area contributed by atoms with Gasteiger partial charge in [-0.2, -0.15) is 0 Å². The molecule has 1 aromatic carbocycles. The fourth-order valence-electron chi connectivity index (χ4n) is 3.94. The second kappa shape index (κ2) is 8.36. The molecule has 2 aromatic rings. The molecule has 150 valence electrons. The van der Waals surface area contributed by atoms with Gasteiger partial charge in [-0.1, -0.05) is 6.07 Å². The molecule has 8 heteroatoms. The molecule has 28 heavy (non-hydrogen) atoms. The van der Waals surface area contributed by atoms with Crippen molar-refractivity contribution in [1.29, 1.82) is 0 Å². The molecule has 4 rings (SSSR count). The number of nitrogens with one attached hydrogen (secondary N) is 1. The Morgan fingerprint density at radius 2 is 1.93 bits per heavy atom. The Morgan fingerprint density at radius 1 is 1.18 bits per heavy atom. The number of rotatable bonds is 4. The molecule has 6 nitrogen and oxygen atoms in total. The highest BCUT2D eigenvalue weighted by Gasteiger charge is 2.25. The predicted molar refractivity (Wildman–Crippen MR) is 101 cm³/mol. The highest BCUT2D eigenvalue weighted by molar-refractivity contribution is 5.32. The van der Waals surface area contributed by atoms with Crippen molar-refractivity contribution in [2.24, 2.45) is 0 Å². The minimum absolute atomic E-state index is 0.0608. The fourth-order valence-corrected chi connectivity index (χ4v) is 3.94. The van der Waals surface area contributed by atoms with Crippen molar-refractivity contribution in [2.75, 3.05) is 44.3 Å². The third kappa shape index (κ3) is 4.23. The van der Waals surface area contributed by atoms with Gasteiger partial charge in [-0.05, 0) is 31.5 Å². The van der Waals surface area contributed by atoms with E-state index in [9.17, 15) is 13.6 Å². The van der Waals surface area contributed by atoms with Crippen LogP contribution >= 0.6 is 0 Å². The lowest BCUT2D eigenvalue weighted by atomic mass is 9.94. The van der Waals surface area contributed by atoms with Crippen molar-refractivity contribution in [2.45, 2.75) is 25.3 Å². The van der Waals surface area contributed by atoms with E-state index in [4.69, 9.17) is 9.72 Å². The van der Waals surface area contributed by atoms with Crippen molar-refractivity contribution in [3.05, 3.63) is 57.5 Å². The SMILES string of the molecule is O=c1cc(C2CCCN(Cc3c(F)cccc3F)C2)nc(N2CCOCC2)[nH]1. The van der Waals surface area contributed by atoms with Gasteiger partial charge >= 0.3 is 0 Å². The molecule has 1 N–H and O–H groups in total. The van der Waals surface area contributed by atoms with Gasteiger partial charge in [-0.3, -0.25) is 14.7 Å². The van der Waals surface area contributed by atoms with Crippen LogP contribution in [-0.4, -0.2) is 54.3 Å². The molecule has 0 saturated carbocycles. The minimum Gasteiger partial charge on any atom is -0.378 e. The number of hydrogen-bond donors (Lipinski definition) is 1. The van der Waals surface area contributed by atoms with Crippen LogP contribution in [0.25, 0.3) is 0 Å². The maximum absolute atomic E-state index is 14.0. The Bertz CT molecular complexity index is 862. The van der Waals surface area contributed by atoms with Gasteiger partial charge in [0.25, 0.3) is 5.56 Å². The molecule has 0 spiro atoms. The van der Waals surface area contributed by atoms with E-state index in [0.717, 1.165) is 25.1 Å². The van der Waals surface area contributed by atoms with Crippen molar-refractivity contribution in [3.63, 3.8) is 0 Å². The number of piperidine rings is 1. The minimum atomic E-state index is -0.522. The van der Waals surface area contributed by atoms with Crippen molar-refractivity contribution in [3.8, 4) is 0 Å². The van der Waals surface area contributed by atoms with Crippen LogP contribution in [-0.2, 0) is 11.3 Å². The number of hydrogen-bond acceptors (Lipinski definition) is 5. The van der Waals surface area contributed by atoms with Gasteiger partial charge in [0.2, 0.25) is 5.95 Å². The Balaban J connectivity index is 1.51. The fraction of sp³-hybridized carbons (Fsp3) is 0.500. The van der Waals surface area contributed by atoms with Gasteiger partial charge in [-0.15, -0.1) is 0 Å². The lowest BCUT2D eigenvalue weighted by Crippen LogP contribution is -2.39. The second-order valence-electron chi connectivity index (χ2n) is 7.37. The van der Waals surface area contributed by atoms with E-state index in [0.29, 0.717) is 38.8 Å². The number of H-pyrrole nitrogens is 1. The number of ether oxygens (including phenoxy) is 1. The summed E-state index contributed by atoms with van der Waals surface area (Å²) in [6.07, 6.45) is 1.79. The van der Waals surface area contributed by atoms with Crippen molar-refractivity contribution < 1.29 is 13.5 Å². The average Bonchev–Trinajstić information content (AvgIpc) is 2.71. The van der Waals surface area contributed by atoms with Gasteiger partial charge in [0.15, 0.2) is 0 Å². The summed E-state index contributed by atoms with van der Waals surface area (Å²) in [4.78, 5) is 23.8. The molecule has 0 amide bonds. The largest absolute Gasteiger partial charge is 0.378 e. The smallest absolute Gasteiger partial charge is 0.252 e. The molecular formula is C20H24F2N4O2. The zero-order chi connectivity index (χ0) is 19.5. The first kappa shape index (κ1) is 19.0. The summed E-state index contributed by atoms with van der Waals surface area (Å²) >= 11 is 0. The maximum atomic E-state index is 14.0. The summed E-state index contributed by atoms with van der Waals surface area (Å²) in [5.41, 5.74) is 0.656. The third-order valence-electron chi connectivity index (χ3n) is 5.43. The van der Waals surface area contributed by atoms with Gasteiger partial charge < -0.3 is 9.64 Å². The van der Waals surface area contributed by atoms with Crippen molar-refractivity contribution in [1.82, 2.24) is 14.9 Å². The summed E-state index contributed by atoms with van der Waals surface area (Å²) in [5, 5.41) is 0. The number of anilines is 1. The first-order valence-electron chi connectivity index (χ1n) is 9.69. The van der Waals surface area contributed by atoms with Crippen LogP contribution in [0.2, 0.25) is 0 Å². The number of benzene rings is 1. The standard InChI is InChI=1S/C20H24F2N4O2/c21-16-4-1-5-17(22)15(16)13-25-6-2-3-14(12-25)18-11-19(27)24-20(23-18)26-7-9-28-10-8-26/h1,4-5,11,14H,2-3,6-10,12-13H2,(H,23,24,27). The van der Waals surface area contributed by atoms with E-state index in [1.54, 1.807) is 6.07 Å². The lowest BCUT2D eigenvalue weighted by Gasteiger charge is -2.33. The molecule has 2 aliphatic rings. The number of nitrogens with zero attached hydrogens (tertiary/aromatic N) is 3. The average molecular weight is 390 g/mol. The summed E-state index contributed by atoms with van der Waals surface area (Å²) in [5.74, 6) is -0.411. The van der Waals surface area contributed by atoms with E-state index >= 15 is 0 Å². The van der Waals surface area contributed by atoms with Crippen LogP contribution in [0.3, 0.4) is 0 Å². The number of likely N-dealkylation sites (tertiary alicyclic amines) is 1.